The molecular formula is C26H19Cl2N3O2S. The van der Waals surface area contributed by atoms with Gasteiger partial charge in [0.05, 0.1) is 5.25 Å². The summed E-state index contributed by atoms with van der Waals surface area (Å²) in [6.07, 6.45) is 0.467. The number of halogens is 2. The molecule has 1 N–H and O–H groups in total. The van der Waals surface area contributed by atoms with Crippen molar-refractivity contribution in [1.29, 1.82) is 5.26 Å². The molecule has 0 unspecified atom stereocenters. The van der Waals surface area contributed by atoms with Crippen molar-refractivity contribution in [1.82, 2.24) is 0 Å². The van der Waals surface area contributed by atoms with Gasteiger partial charge in [-0.2, -0.15) is 5.26 Å². The van der Waals surface area contributed by atoms with E-state index in [0.29, 0.717) is 32.9 Å². The first kappa shape index (κ1) is 23.9. The zero-order valence-corrected chi connectivity index (χ0v) is 20.4. The Hall–Kier alpha value is -3.24. The lowest BCUT2D eigenvalue weighted by Gasteiger charge is -2.19. The van der Waals surface area contributed by atoms with Gasteiger partial charge in [-0.05, 0) is 67.4 Å². The summed E-state index contributed by atoms with van der Waals surface area (Å²) in [6, 6.07) is 23.2. The van der Waals surface area contributed by atoms with Crippen LogP contribution in [0.25, 0.3) is 0 Å². The summed E-state index contributed by atoms with van der Waals surface area (Å²) >= 11 is 13.2. The predicted octanol–water partition coefficient (Wildman–Crippen LogP) is 6.37. The molecule has 1 atom stereocenters. The Bertz CT molecular complexity index is 1300. The van der Waals surface area contributed by atoms with Gasteiger partial charge in [-0.25, -0.2) is 0 Å². The monoisotopic (exact) mass is 507 g/mol. The third kappa shape index (κ3) is 5.28. The maximum atomic E-state index is 13.5. The summed E-state index contributed by atoms with van der Waals surface area (Å²) < 4.78 is 0. The molecule has 0 saturated carbocycles. The molecule has 2 amide bonds. The van der Waals surface area contributed by atoms with Crippen LogP contribution in [0.1, 0.15) is 11.1 Å². The zero-order chi connectivity index (χ0) is 24.2. The number of hydrogen-bond acceptors (Lipinski definition) is 4. The van der Waals surface area contributed by atoms with Crippen molar-refractivity contribution in [3.05, 3.63) is 105 Å². The Morgan fingerprint density at radius 2 is 1.59 bits per heavy atom. The van der Waals surface area contributed by atoms with Gasteiger partial charge in [-0.3, -0.25) is 14.5 Å². The van der Waals surface area contributed by atoms with E-state index in [1.807, 2.05) is 37.3 Å². The lowest BCUT2D eigenvalue weighted by atomic mass is 10.1. The summed E-state index contributed by atoms with van der Waals surface area (Å²) in [4.78, 5) is 28.0. The second-order valence-electron chi connectivity index (χ2n) is 7.70. The number of nitrogens with zero attached hydrogens (tertiary/aromatic N) is 2. The molecule has 3 aromatic rings. The Morgan fingerprint density at radius 1 is 1.00 bits per heavy atom. The fourth-order valence-corrected chi connectivity index (χ4v) is 5.04. The number of carbonyl (C=O) groups excluding carboxylic acids is 2. The van der Waals surface area contributed by atoms with Gasteiger partial charge in [0, 0.05) is 21.4 Å². The lowest BCUT2D eigenvalue weighted by molar-refractivity contribution is -0.117. The number of nitrogens with one attached hydrogen (secondary N) is 1. The van der Waals surface area contributed by atoms with Gasteiger partial charge in [-0.15, -0.1) is 0 Å². The van der Waals surface area contributed by atoms with Gasteiger partial charge in [0.15, 0.2) is 0 Å². The van der Waals surface area contributed by atoms with E-state index < -0.39 is 11.2 Å². The van der Waals surface area contributed by atoms with E-state index in [0.717, 1.165) is 11.1 Å². The van der Waals surface area contributed by atoms with Gasteiger partial charge in [0.1, 0.15) is 16.7 Å². The SMILES string of the molecule is Cc1ccc(C[C@@H]2S/C(=C(/C#N)C(=O)Nc3ccc(Cl)cc3)N(c3ccc(Cl)cc3)C2=O)cc1. The highest BCUT2D eigenvalue weighted by Crippen LogP contribution is 2.42. The molecule has 0 aliphatic carbocycles. The van der Waals surface area contributed by atoms with Crippen molar-refractivity contribution in [2.75, 3.05) is 10.2 Å². The maximum absolute atomic E-state index is 13.5. The minimum Gasteiger partial charge on any atom is -0.321 e. The molecule has 8 heteroatoms. The number of nitriles is 1. The van der Waals surface area contributed by atoms with Crippen LogP contribution in [0.2, 0.25) is 10.0 Å². The summed E-state index contributed by atoms with van der Waals surface area (Å²) in [6.45, 7) is 2.00. The topological polar surface area (TPSA) is 73.2 Å². The second kappa shape index (κ2) is 10.4. The van der Waals surface area contributed by atoms with E-state index in [-0.39, 0.29) is 11.5 Å². The predicted molar refractivity (Wildman–Crippen MR) is 138 cm³/mol. The highest BCUT2D eigenvalue weighted by atomic mass is 35.5. The number of rotatable bonds is 5. The van der Waals surface area contributed by atoms with Gasteiger partial charge in [-0.1, -0.05) is 64.8 Å². The first-order valence-electron chi connectivity index (χ1n) is 10.4. The number of hydrogen-bond donors (Lipinski definition) is 1. The Balaban J connectivity index is 1.71. The van der Waals surface area contributed by atoms with Crippen LogP contribution in [-0.4, -0.2) is 17.1 Å². The van der Waals surface area contributed by atoms with Crippen molar-refractivity contribution in [2.24, 2.45) is 0 Å². The molecule has 0 aromatic heterocycles. The summed E-state index contributed by atoms with van der Waals surface area (Å²) in [5.74, 6) is -0.801. The third-order valence-corrected chi connectivity index (χ3v) is 7.00. The lowest BCUT2D eigenvalue weighted by Crippen LogP contribution is -2.30. The number of amides is 2. The molecule has 0 spiro atoms. The minimum atomic E-state index is -0.602. The third-order valence-electron chi connectivity index (χ3n) is 5.23. The molecule has 170 valence electrons. The second-order valence-corrected chi connectivity index (χ2v) is 9.76. The van der Waals surface area contributed by atoms with Crippen LogP contribution in [-0.2, 0) is 16.0 Å². The van der Waals surface area contributed by atoms with Gasteiger partial charge in [0.2, 0.25) is 5.91 Å². The van der Waals surface area contributed by atoms with Crippen molar-refractivity contribution in [3.8, 4) is 6.07 Å². The van der Waals surface area contributed by atoms with E-state index in [4.69, 9.17) is 23.2 Å². The summed E-state index contributed by atoms with van der Waals surface area (Å²) in [5, 5.41) is 13.5. The molecule has 1 saturated heterocycles. The molecule has 5 nitrogen and oxygen atoms in total. The number of carbonyl (C=O) groups is 2. The Labute approximate surface area is 212 Å². The van der Waals surface area contributed by atoms with Crippen LogP contribution in [0, 0.1) is 18.3 Å². The van der Waals surface area contributed by atoms with E-state index in [9.17, 15) is 14.9 Å². The quantitative estimate of drug-likeness (QED) is 0.321. The zero-order valence-electron chi connectivity index (χ0n) is 18.1. The minimum absolute atomic E-state index is 0.144. The van der Waals surface area contributed by atoms with E-state index in [1.165, 1.54) is 16.7 Å². The number of thioether (sulfide) groups is 1. The van der Waals surface area contributed by atoms with Crippen molar-refractivity contribution < 1.29 is 9.59 Å². The standard InChI is InChI=1S/C26H19Cl2N3O2S/c1-16-2-4-17(5-3-16)14-23-25(33)31(21-12-8-19(28)9-13-21)26(34-23)22(15-29)24(32)30-20-10-6-18(27)7-11-20/h2-13,23H,14H2,1H3,(H,30,32)/b26-22-/t23-/m0/s1. The number of benzene rings is 3. The number of anilines is 2. The summed E-state index contributed by atoms with van der Waals surface area (Å²) in [5.41, 5.74) is 3.01. The molecule has 0 radical (unpaired) electrons. The largest absolute Gasteiger partial charge is 0.321 e. The molecule has 3 aromatic carbocycles. The molecule has 1 heterocycles. The molecule has 4 rings (SSSR count). The first-order valence-corrected chi connectivity index (χ1v) is 12.0. The molecular weight excluding hydrogens is 489 g/mol. The van der Waals surface area contributed by atoms with Crippen molar-refractivity contribution in [3.63, 3.8) is 0 Å². The number of aryl methyl sites for hydroxylation is 1. The normalized spacial score (nSPS) is 16.8. The Morgan fingerprint density at radius 3 is 2.18 bits per heavy atom. The average molecular weight is 508 g/mol. The molecule has 1 aliphatic rings. The van der Waals surface area contributed by atoms with Crippen LogP contribution < -0.4 is 10.2 Å². The molecule has 1 aliphatic heterocycles. The first-order chi connectivity index (χ1) is 16.4. The Kier molecular flexibility index (Phi) is 7.28. The van der Waals surface area contributed by atoms with Gasteiger partial charge in [0.25, 0.3) is 5.91 Å². The van der Waals surface area contributed by atoms with E-state index in [1.54, 1.807) is 48.5 Å². The maximum Gasteiger partial charge on any atom is 0.269 e. The van der Waals surface area contributed by atoms with E-state index in [2.05, 4.69) is 5.32 Å². The van der Waals surface area contributed by atoms with Crippen LogP contribution in [0.3, 0.4) is 0 Å². The van der Waals surface area contributed by atoms with Crippen molar-refractivity contribution >= 4 is 58.2 Å². The van der Waals surface area contributed by atoms with Crippen molar-refractivity contribution in [2.45, 2.75) is 18.6 Å². The molecule has 34 heavy (non-hydrogen) atoms. The highest BCUT2D eigenvalue weighted by molar-refractivity contribution is 8.05. The smallest absolute Gasteiger partial charge is 0.269 e. The fraction of sp³-hybridized carbons (Fsp3) is 0.115. The highest BCUT2D eigenvalue weighted by Gasteiger charge is 2.40. The van der Waals surface area contributed by atoms with Crippen LogP contribution in [0.15, 0.2) is 83.4 Å². The van der Waals surface area contributed by atoms with E-state index >= 15 is 0 Å². The van der Waals surface area contributed by atoms with Crippen LogP contribution >= 0.6 is 35.0 Å². The summed E-state index contributed by atoms with van der Waals surface area (Å²) in [7, 11) is 0. The van der Waals surface area contributed by atoms with Crippen LogP contribution in [0.5, 0.6) is 0 Å². The van der Waals surface area contributed by atoms with Crippen LogP contribution in [0.4, 0.5) is 11.4 Å². The fourth-order valence-electron chi connectivity index (χ4n) is 3.48. The van der Waals surface area contributed by atoms with Gasteiger partial charge < -0.3 is 5.32 Å². The average Bonchev–Trinajstić information content (AvgIpc) is 3.13. The molecule has 0 bridgehead atoms. The molecule has 1 fully saturated rings. The van der Waals surface area contributed by atoms with Gasteiger partial charge >= 0.3 is 0 Å².